The van der Waals surface area contributed by atoms with Crippen molar-refractivity contribution in [2.24, 2.45) is 7.05 Å². The molecule has 0 aliphatic carbocycles. The first-order valence-electron chi connectivity index (χ1n) is 7.60. The Labute approximate surface area is 134 Å². The molecule has 1 aromatic carbocycles. The summed E-state index contributed by atoms with van der Waals surface area (Å²) in [5.41, 5.74) is 0.790. The lowest BCUT2D eigenvalue weighted by atomic mass is 10.0. The van der Waals surface area contributed by atoms with E-state index >= 15 is 0 Å². The van der Waals surface area contributed by atoms with Gasteiger partial charge in [-0.1, -0.05) is 30.3 Å². The van der Waals surface area contributed by atoms with E-state index in [9.17, 15) is 9.59 Å². The molecule has 3 rings (SSSR count). The second kappa shape index (κ2) is 6.37. The third kappa shape index (κ3) is 3.05. The number of ether oxygens (including phenoxy) is 1. The number of aromatic nitrogens is 3. The Balaban J connectivity index is 1.81. The van der Waals surface area contributed by atoms with Crippen LogP contribution in [-0.2, 0) is 23.1 Å². The molecular formula is C16H20N4O3. The third-order valence-corrected chi connectivity index (χ3v) is 4.19. The number of carbonyl (C=O) groups excluding carboxylic acids is 1. The standard InChI is InChI=1S/C16H20N4O3/c1-12-17-20(16(22)18(12)2)10-15(21)19-11-23-9-8-14(19)13-6-4-3-5-7-13/h3-7,14H,8-11H2,1-2H3. The van der Waals surface area contributed by atoms with Gasteiger partial charge in [-0.3, -0.25) is 9.36 Å². The SMILES string of the molecule is Cc1nn(CC(=O)N2COCCC2c2ccccc2)c(=O)n1C. The second-order valence-corrected chi connectivity index (χ2v) is 5.66. The Kier molecular flexibility index (Phi) is 4.29. The Bertz CT molecular complexity index is 750. The van der Waals surface area contributed by atoms with Crippen molar-refractivity contribution >= 4 is 5.91 Å². The molecule has 23 heavy (non-hydrogen) atoms. The molecule has 7 heteroatoms. The maximum atomic E-state index is 12.7. The summed E-state index contributed by atoms with van der Waals surface area (Å²) < 4.78 is 8.07. The number of hydrogen-bond donors (Lipinski definition) is 0. The van der Waals surface area contributed by atoms with Crippen LogP contribution < -0.4 is 5.69 Å². The van der Waals surface area contributed by atoms with Crippen LogP contribution in [0.4, 0.5) is 0 Å². The molecule has 1 amide bonds. The summed E-state index contributed by atoms with van der Waals surface area (Å²) in [6.45, 7) is 2.51. The van der Waals surface area contributed by atoms with E-state index in [0.29, 0.717) is 12.4 Å². The molecule has 0 spiro atoms. The molecule has 1 unspecified atom stereocenters. The molecule has 1 aliphatic rings. The zero-order valence-electron chi connectivity index (χ0n) is 13.3. The molecule has 7 nitrogen and oxygen atoms in total. The summed E-state index contributed by atoms with van der Waals surface area (Å²) in [5, 5.41) is 4.12. The number of aryl methyl sites for hydroxylation is 1. The zero-order chi connectivity index (χ0) is 16.4. The predicted molar refractivity (Wildman–Crippen MR) is 83.7 cm³/mol. The number of carbonyl (C=O) groups is 1. The van der Waals surface area contributed by atoms with Crippen molar-refractivity contribution < 1.29 is 9.53 Å². The highest BCUT2D eigenvalue weighted by Crippen LogP contribution is 2.27. The molecule has 0 N–H and O–H groups in total. The van der Waals surface area contributed by atoms with Gasteiger partial charge in [-0.2, -0.15) is 5.10 Å². The largest absolute Gasteiger partial charge is 0.361 e. The van der Waals surface area contributed by atoms with Crippen molar-refractivity contribution in [1.29, 1.82) is 0 Å². The van der Waals surface area contributed by atoms with E-state index in [1.54, 1.807) is 18.9 Å². The van der Waals surface area contributed by atoms with E-state index in [2.05, 4.69) is 5.10 Å². The number of benzene rings is 1. The van der Waals surface area contributed by atoms with Gasteiger partial charge in [0.15, 0.2) is 0 Å². The third-order valence-electron chi connectivity index (χ3n) is 4.19. The maximum absolute atomic E-state index is 12.7. The van der Waals surface area contributed by atoms with Crippen LogP contribution in [0.5, 0.6) is 0 Å². The van der Waals surface area contributed by atoms with Gasteiger partial charge in [-0.05, 0) is 18.9 Å². The molecule has 0 bridgehead atoms. The van der Waals surface area contributed by atoms with Gasteiger partial charge in [0.1, 0.15) is 19.1 Å². The van der Waals surface area contributed by atoms with Gasteiger partial charge in [0, 0.05) is 7.05 Å². The van der Waals surface area contributed by atoms with E-state index in [1.165, 1.54) is 9.25 Å². The molecule has 1 aliphatic heterocycles. The summed E-state index contributed by atoms with van der Waals surface area (Å²) in [6.07, 6.45) is 0.742. The highest BCUT2D eigenvalue weighted by atomic mass is 16.5. The van der Waals surface area contributed by atoms with Crippen LogP contribution in [0.25, 0.3) is 0 Å². The lowest BCUT2D eigenvalue weighted by Gasteiger charge is -2.35. The van der Waals surface area contributed by atoms with E-state index in [1.807, 2.05) is 30.3 Å². The normalized spacial score (nSPS) is 18.2. The van der Waals surface area contributed by atoms with Gasteiger partial charge in [0.2, 0.25) is 5.91 Å². The Morgan fingerprint density at radius 2 is 2.09 bits per heavy atom. The zero-order valence-corrected chi connectivity index (χ0v) is 13.3. The maximum Gasteiger partial charge on any atom is 0.346 e. The molecule has 1 atom stereocenters. The molecule has 0 saturated carbocycles. The highest BCUT2D eigenvalue weighted by molar-refractivity contribution is 5.76. The number of rotatable bonds is 3. The average Bonchev–Trinajstić information content (AvgIpc) is 2.82. The Morgan fingerprint density at radius 3 is 2.74 bits per heavy atom. The van der Waals surface area contributed by atoms with Crippen LogP contribution in [0.2, 0.25) is 0 Å². The van der Waals surface area contributed by atoms with Crippen LogP contribution in [0.1, 0.15) is 23.9 Å². The van der Waals surface area contributed by atoms with Gasteiger partial charge in [0.05, 0.1) is 12.6 Å². The van der Waals surface area contributed by atoms with E-state index in [0.717, 1.165) is 12.0 Å². The van der Waals surface area contributed by atoms with Crippen LogP contribution in [0.15, 0.2) is 35.1 Å². The predicted octanol–water partition coefficient (Wildman–Crippen LogP) is 0.838. The summed E-state index contributed by atoms with van der Waals surface area (Å²) >= 11 is 0. The van der Waals surface area contributed by atoms with Gasteiger partial charge < -0.3 is 9.64 Å². The smallest absolute Gasteiger partial charge is 0.346 e. The molecule has 1 saturated heterocycles. The van der Waals surface area contributed by atoms with Gasteiger partial charge in [0.25, 0.3) is 0 Å². The van der Waals surface area contributed by atoms with Crippen molar-refractivity contribution in [3.63, 3.8) is 0 Å². The van der Waals surface area contributed by atoms with E-state index in [4.69, 9.17) is 4.74 Å². The molecule has 0 radical (unpaired) electrons. The first-order chi connectivity index (χ1) is 11.1. The fourth-order valence-electron chi connectivity index (χ4n) is 2.79. The fourth-order valence-corrected chi connectivity index (χ4v) is 2.79. The van der Waals surface area contributed by atoms with Crippen LogP contribution in [0, 0.1) is 6.92 Å². The molecule has 1 aromatic heterocycles. The summed E-state index contributed by atoms with van der Waals surface area (Å²) in [6, 6.07) is 9.85. The average molecular weight is 316 g/mol. The lowest BCUT2D eigenvalue weighted by Crippen LogP contribution is -2.43. The van der Waals surface area contributed by atoms with Crippen LogP contribution >= 0.6 is 0 Å². The van der Waals surface area contributed by atoms with Gasteiger partial charge in [-0.15, -0.1) is 0 Å². The van der Waals surface area contributed by atoms with Gasteiger partial charge >= 0.3 is 5.69 Å². The minimum absolute atomic E-state index is 0.0297. The summed E-state index contributed by atoms with van der Waals surface area (Å²) in [5.74, 6) is 0.413. The lowest BCUT2D eigenvalue weighted by molar-refractivity contribution is -0.147. The monoisotopic (exact) mass is 316 g/mol. The van der Waals surface area contributed by atoms with Crippen molar-refractivity contribution in [3.05, 3.63) is 52.2 Å². The van der Waals surface area contributed by atoms with E-state index < -0.39 is 0 Å². The second-order valence-electron chi connectivity index (χ2n) is 5.66. The molecule has 2 heterocycles. The first kappa shape index (κ1) is 15.5. The highest BCUT2D eigenvalue weighted by Gasteiger charge is 2.29. The summed E-state index contributed by atoms with van der Waals surface area (Å²) in [7, 11) is 1.64. The van der Waals surface area contributed by atoms with Crippen molar-refractivity contribution in [1.82, 2.24) is 19.2 Å². The topological polar surface area (TPSA) is 69.4 Å². The first-order valence-corrected chi connectivity index (χ1v) is 7.60. The molecule has 1 fully saturated rings. The van der Waals surface area contributed by atoms with Crippen LogP contribution in [-0.4, -0.2) is 38.5 Å². The van der Waals surface area contributed by atoms with E-state index in [-0.39, 0.29) is 30.9 Å². The molecule has 2 aromatic rings. The molecular weight excluding hydrogens is 296 g/mol. The summed E-state index contributed by atoms with van der Waals surface area (Å²) in [4.78, 5) is 26.4. The quantitative estimate of drug-likeness (QED) is 0.841. The Hall–Kier alpha value is -2.41. The number of hydrogen-bond acceptors (Lipinski definition) is 4. The Morgan fingerprint density at radius 1 is 1.35 bits per heavy atom. The number of amides is 1. The van der Waals surface area contributed by atoms with Crippen LogP contribution in [0.3, 0.4) is 0 Å². The molecule has 122 valence electrons. The minimum atomic E-state index is -0.287. The minimum Gasteiger partial charge on any atom is -0.361 e. The van der Waals surface area contributed by atoms with Crippen molar-refractivity contribution in [2.45, 2.75) is 25.9 Å². The van der Waals surface area contributed by atoms with Crippen molar-refractivity contribution in [3.8, 4) is 0 Å². The fraction of sp³-hybridized carbons (Fsp3) is 0.438. The number of nitrogens with zero attached hydrogens (tertiary/aromatic N) is 4. The van der Waals surface area contributed by atoms with Crippen molar-refractivity contribution in [2.75, 3.05) is 13.3 Å². The van der Waals surface area contributed by atoms with Gasteiger partial charge in [-0.25, -0.2) is 9.48 Å².